The molecule has 0 saturated heterocycles. The van der Waals surface area contributed by atoms with Crippen molar-refractivity contribution in [3.63, 3.8) is 0 Å². The highest BCUT2D eigenvalue weighted by Gasteiger charge is 2.17. The standard InChI is InChI=1S/C16H25N3O2/c1-16(2,3)21-15(20)19-14-10-9-13(11-17-14)18-12-7-5-4-6-8-12/h9-12,18H,4-8H2,1-3H3,(H,17,19,20). The van der Waals surface area contributed by atoms with Crippen molar-refractivity contribution in [1.29, 1.82) is 0 Å². The van der Waals surface area contributed by atoms with Crippen molar-refractivity contribution in [2.24, 2.45) is 0 Å². The number of carbonyl (C=O) groups excluding carboxylic acids is 1. The minimum absolute atomic E-state index is 0.483. The van der Waals surface area contributed by atoms with E-state index in [1.807, 2.05) is 26.8 Å². The molecule has 0 atom stereocenters. The van der Waals surface area contributed by atoms with E-state index in [-0.39, 0.29) is 0 Å². The largest absolute Gasteiger partial charge is 0.444 e. The summed E-state index contributed by atoms with van der Waals surface area (Å²) in [7, 11) is 0. The summed E-state index contributed by atoms with van der Waals surface area (Å²) >= 11 is 0. The van der Waals surface area contributed by atoms with Crippen LogP contribution in [0, 0.1) is 0 Å². The van der Waals surface area contributed by atoms with E-state index in [1.54, 1.807) is 12.3 Å². The molecule has 1 heterocycles. The van der Waals surface area contributed by atoms with Crippen molar-refractivity contribution < 1.29 is 9.53 Å². The van der Waals surface area contributed by atoms with E-state index < -0.39 is 11.7 Å². The maximum atomic E-state index is 11.6. The number of nitrogens with zero attached hydrogens (tertiary/aromatic N) is 1. The molecule has 1 aliphatic carbocycles. The molecule has 2 rings (SSSR count). The zero-order valence-electron chi connectivity index (χ0n) is 13.1. The first-order valence-corrected chi connectivity index (χ1v) is 7.65. The second-order valence-electron chi connectivity index (χ2n) is 6.54. The first-order valence-electron chi connectivity index (χ1n) is 7.65. The summed E-state index contributed by atoms with van der Waals surface area (Å²) in [6.45, 7) is 5.49. The number of amides is 1. The molecule has 0 bridgehead atoms. The third-order valence-electron chi connectivity index (χ3n) is 3.37. The quantitative estimate of drug-likeness (QED) is 0.877. The first kappa shape index (κ1) is 15.6. The minimum Gasteiger partial charge on any atom is -0.444 e. The second kappa shape index (κ2) is 6.78. The third-order valence-corrected chi connectivity index (χ3v) is 3.37. The van der Waals surface area contributed by atoms with E-state index in [1.165, 1.54) is 32.1 Å². The van der Waals surface area contributed by atoms with Gasteiger partial charge in [0, 0.05) is 6.04 Å². The number of rotatable bonds is 3. The molecule has 5 heteroatoms. The van der Waals surface area contributed by atoms with Gasteiger partial charge in [-0.3, -0.25) is 5.32 Å². The Labute approximate surface area is 126 Å². The summed E-state index contributed by atoms with van der Waals surface area (Å²) in [4.78, 5) is 15.9. The maximum absolute atomic E-state index is 11.6. The molecule has 1 saturated carbocycles. The van der Waals surface area contributed by atoms with Crippen LogP contribution in [-0.4, -0.2) is 22.7 Å². The van der Waals surface area contributed by atoms with Gasteiger partial charge >= 0.3 is 6.09 Å². The van der Waals surface area contributed by atoms with Gasteiger partial charge in [0.05, 0.1) is 11.9 Å². The zero-order chi connectivity index (χ0) is 15.3. The topological polar surface area (TPSA) is 63.2 Å². The normalized spacial score (nSPS) is 16.3. The van der Waals surface area contributed by atoms with Crippen LogP contribution < -0.4 is 10.6 Å². The summed E-state index contributed by atoms with van der Waals surface area (Å²) in [6.07, 6.45) is 7.64. The van der Waals surface area contributed by atoms with Gasteiger partial charge in [0.1, 0.15) is 11.4 Å². The van der Waals surface area contributed by atoms with Crippen molar-refractivity contribution in [2.45, 2.75) is 64.5 Å². The van der Waals surface area contributed by atoms with Gasteiger partial charge in [0.2, 0.25) is 0 Å². The molecule has 1 aromatic heterocycles. The van der Waals surface area contributed by atoms with Crippen LogP contribution in [0.2, 0.25) is 0 Å². The fourth-order valence-electron chi connectivity index (χ4n) is 2.44. The molecule has 1 aromatic rings. The Kier molecular flexibility index (Phi) is 5.04. The number of carbonyl (C=O) groups is 1. The first-order chi connectivity index (χ1) is 9.92. The van der Waals surface area contributed by atoms with Crippen molar-refractivity contribution in [2.75, 3.05) is 10.6 Å². The fraction of sp³-hybridized carbons (Fsp3) is 0.625. The molecule has 1 aliphatic rings. The van der Waals surface area contributed by atoms with Crippen LogP contribution in [0.1, 0.15) is 52.9 Å². The lowest BCUT2D eigenvalue weighted by atomic mass is 9.95. The van der Waals surface area contributed by atoms with Gasteiger partial charge in [0.15, 0.2) is 0 Å². The van der Waals surface area contributed by atoms with Crippen molar-refractivity contribution in [3.05, 3.63) is 18.3 Å². The smallest absolute Gasteiger partial charge is 0.413 e. The van der Waals surface area contributed by atoms with E-state index in [0.29, 0.717) is 11.9 Å². The van der Waals surface area contributed by atoms with Gasteiger partial charge in [-0.25, -0.2) is 9.78 Å². The molecule has 116 valence electrons. The molecule has 5 nitrogen and oxygen atoms in total. The summed E-state index contributed by atoms with van der Waals surface area (Å²) in [5.74, 6) is 0.499. The Hall–Kier alpha value is -1.78. The molecule has 0 radical (unpaired) electrons. The van der Waals surface area contributed by atoms with Crippen LogP contribution in [0.5, 0.6) is 0 Å². The maximum Gasteiger partial charge on any atom is 0.413 e. The van der Waals surface area contributed by atoms with Crippen LogP contribution in [0.25, 0.3) is 0 Å². The molecule has 1 fully saturated rings. The number of ether oxygens (including phenoxy) is 1. The zero-order valence-corrected chi connectivity index (χ0v) is 13.1. The Morgan fingerprint density at radius 2 is 1.95 bits per heavy atom. The number of pyridine rings is 1. The Balaban J connectivity index is 1.85. The summed E-state index contributed by atoms with van der Waals surface area (Å²) in [5, 5.41) is 6.12. The number of hydrogen-bond donors (Lipinski definition) is 2. The molecule has 0 unspecified atom stereocenters. The van der Waals surface area contributed by atoms with Crippen molar-refractivity contribution in [1.82, 2.24) is 4.98 Å². The predicted octanol–water partition coefficient (Wildman–Crippen LogP) is 4.17. The highest BCUT2D eigenvalue weighted by molar-refractivity contribution is 5.83. The average Bonchev–Trinajstić information content (AvgIpc) is 2.40. The molecule has 0 aromatic carbocycles. The van der Waals surface area contributed by atoms with Crippen LogP contribution in [0.3, 0.4) is 0 Å². The van der Waals surface area contributed by atoms with Crippen LogP contribution in [0.15, 0.2) is 18.3 Å². The third kappa shape index (κ3) is 5.61. The van der Waals surface area contributed by atoms with Gasteiger partial charge in [0.25, 0.3) is 0 Å². The molecular formula is C16H25N3O2. The number of aromatic nitrogens is 1. The van der Waals surface area contributed by atoms with E-state index >= 15 is 0 Å². The van der Waals surface area contributed by atoms with Crippen LogP contribution in [-0.2, 0) is 4.74 Å². The van der Waals surface area contributed by atoms with E-state index in [9.17, 15) is 4.79 Å². The molecule has 1 amide bonds. The molecule has 0 spiro atoms. The Morgan fingerprint density at radius 3 is 2.52 bits per heavy atom. The lowest BCUT2D eigenvalue weighted by molar-refractivity contribution is 0.0635. The molecule has 0 aliphatic heterocycles. The molecule has 21 heavy (non-hydrogen) atoms. The highest BCUT2D eigenvalue weighted by atomic mass is 16.6. The van der Waals surface area contributed by atoms with E-state index in [0.717, 1.165) is 5.69 Å². The van der Waals surface area contributed by atoms with Crippen LogP contribution >= 0.6 is 0 Å². The number of hydrogen-bond acceptors (Lipinski definition) is 4. The summed E-state index contributed by atoms with van der Waals surface area (Å²) < 4.78 is 5.19. The fourth-order valence-corrected chi connectivity index (χ4v) is 2.44. The second-order valence-corrected chi connectivity index (χ2v) is 6.54. The average molecular weight is 291 g/mol. The van der Waals surface area contributed by atoms with Gasteiger partial charge in [-0.15, -0.1) is 0 Å². The van der Waals surface area contributed by atoms with Gasteiger partial charge < -0.3 is 10.1 Å². The van der Waals surface area contributed by atoms with E-state index in [2.05, 4.69) is 15.6 Å². The highest BCUT2D eigenvalue weighted by Crippen LogP contribution is 2.21. The predicted molar refractivity (Wildman–Crippen MR) is 84.6 cm³/mol. The van der Waals surface area contributed by atoms with E-state index in [4.69, 9.17) is 4.74 Å². The monoisotopic (exact) mass is 291 g/mol. The van der Waals surface area contributed by atoms with Gasteiger partial charge in [-0.1, -0.05) is 19.3 Å². The lowest BCUT2D eigenvalue weighted by Gasteiger charge is -2.23. The van der Waals surface area contributed by atoms with Crippen molar-refractivity contribution >= 4 is 17.6 Å². The lowest BCUT2D eigenvalue weighted by Crippen LogP contribution is -2.27. The van der Waals surface area contributed by atoms with Gasteiger partial charge in [-0.05, 0) is 45.7 Å². The summed E-state index contributed by atoms with van der Waals surface area (Å²) in [6, 6.07) is 4.27. The molecular weight excluding hydrogens is 266 g/mol. The number of anilines is 2. The Morgan fingerprint density at radius 1 is 1.24 bits per heavy atom. The van der Waals surface area contributed by atoms with Gasteiger partial charge in [-0.2, -0.15) is 0 Å². The van der Waals surface area contributed by atoms with Crippen LogP contribution in [0.4, 0.5) is 16.3 Å². The summed E-state index contributed by atoms with van der Waals surface area (Å²) in [5.41, 5.74) is 0.490. The number of nitrogens with one attached hydrogen (secondary N) is 2. The Bertz CT molecular complexity index is 459. The molecule has 2 N–H and O–H groups in total. The SMILES string of the molecule is CC(C)(C)OC(=O)Nc1ccc(NC2CCCCC2)cn1. The van der Waals surface area contributed by atoms with Crippen molar-refractivity contribution in [3.8, 4) is 0 Å². The minimum atomic E-state index is -0.507.